The third kappa shape index (κ3) is 4.62. The van der Waals surface area contributed by atoms with Gasteiger partial charge in [-0.15, -0.1) is 0 Å². The Balaban J connectivity index is 1.48. The number of amides is 1. The van der Waals surface area contributed by atoms with Gasteiger partial charge in [0.05, 0.1) is 0 Å². The normalized spacial score (nSPS) is 13.9. The molecule has 0 saturated carbocycles. The summed E-state index contributed by atoms with van der Waals surface area (Å²) in [6.45, 7) is 2.63. The minimum Gasteiger partial charge on any atom is -0.341 e. The summed E-state index contributed by atoms with van der Waals surface area (Å²) in [6, 6.07) is 17.7. The predicted octanol–water partition coefficient (Wildman–Crippen LogP) is 4.41. The lowest BCUT2D eigenvalue weighted by atomic mass is 10.0. The Kier molecular flexibility index (Phi) is 5.84. The highest BCUT2D eigenvalue weighted by Crippen LogP contribution is 2.22. The van der Waals surface area contributed by atoms with E-state index in [0.717, 1.165) is 35.7 Å². The molecule has 0 unspecified atom stereocenters. The Hall–Kier alpha value is -3.21. The van der Waals surface area contributed by atoms with E-state index in [-0.39, 0.29) is 5.91 Å². The lowest BCUT2D eigenvalue weighted by Crippen LogP contribution is -2.30. The second-order valence-corrected chi connectivity index (χ2v) is 7.55. The second kappa shape index (κ2) is 8.86. The van der Waals surface area contributed by atoms with E-state index in [9.17, 15) is 4.79 Å². The summed E-state index contributed by atoms with van der Waals surface area (Å²) in [6.07, 6.45) is 7.40. The fourth-order valence-corrected chi connectivity index (χ4v) is 3.71. The standard InChI is InChI=1S/C24H26N4O/c1-27(18-19-9-4-2-5-10-19)23(29)21-12-8-11-20(15-21)22-16-25-24(26-17-22)28-13-6-3-7-14-28/h2,4-5,8-12,15-17H,3,6-7,13-14,18H2,1H3. The van der Waals surface area contributed by atoms with Crippen LogP contribution in [0.25, 0.3) is 11.1 Å². The van der Waals surface area contributed by atoms with Crippen LogP contribution in [-0.4, -0.2) is 40.9 Å². The monoisotopic (exact) mass is 386 g/mol. The molecule has 1 aliphatic rings. The van der Waals surface area contributed by atoms with E-state index >= 15 is 0 Å². The van der Waals surface area contributed by atoms with Gasteiger partial charge < -0.3 is 9.80 Å². The molecule has 5 heteroatoms. The molecule has 1 aliphatic heterocycles. The highest BCUT2D eigenvalue weighted by molar-refractivity contribution is 5.95. The molecule has 0 N–H and O–H groups in total. The molecule has 3 aromatic rings. The third-order valence-electron chi connectivity index (χ3n) is 5.33. The molecular weight excluding hydrogens is 360 g/mol. The molecule has 5 nitrogen and oxygen atoms in total. The van der Waals surface area contributed by atoms with Crippen molar-refractivity contribution in [1.82, 2.24) is 14.9 Å². The van der Waals surface area contributed by atoms with E-state index in [2.05, 4.69) is 14.9 Å². The Labute approximate surface area is 172 Å². The molecule has 1 saturated heterocycles. The summed E-state index contributed by atoms with van der Waals surface area (Å²) >= 11 is 0. The molecule has 1 fully saturated rings. The van der Waals surface area contributed by atoms with Gasteiger partial charge in [0.15, 0.2) is 0 Å². The predicted molar refractivity (Wildman–Crippen MR) is 116 cm³/mol. The van der Waals surface area contributed by atoms with Gasteiger partial charge in [0.2, 0.25) is 5.95 Å². The summed E-state index contributed by atoms with van der Waals surface area (Å²) in [4.78, 5) is 26.0. The van der Waals surface area contributed by atoms with E-state index in [0.29, 0.717) is 12.1 Å². The minimum atomic E-state index is 0.00144. The molecule has 0 bridgehead atoms. The molecule has 0 aliphatic carbocycles. The Morgan fingerprint density at radius 2 is 1.66 bits per heavy atom. The number of piperidine rings is 1. The average Bonchev–Trinajstić information content (AvgIpc) is 2.80. The van der Waals surface area contributed by atoms with Crippen molar-refractivity contribution < 1.29 is 4.79 Å². The van der Waals surface area contributed by atoms with Crippen LogP contribution in [0.2, 0.25) is 0 Å². The number of hydrogen-bond donors (Lipinski definition) is 0. The molecular formula is C24H26N4O. The van der Waals surface area contributed by atoms with Gasteiger partial charge in [0.1, 0.15) is 0 Å². The van der Waals surface area contributed by atoms with Crippen molar-refractivity contribution >= 4 is 11.9 Å². The van der Waals surface area contributed by atoms with Gasteiger partial charge in [-0.3, -0.25) is 4.79 Å². The maximum Gasteiger partial charge on any atom is 0.253 e. The van der Waals surface area contributed by atoms with Crippen molar-refractivity contribution in [1.29, 1.82) is 0 Å². The molecule has 2 heterocycles. The van der Waals surface area contributed by atoms with Crippen LogP contribution in [-0.2, 0) is 6.54 Å². The van der Waals surface area contributed by atoms with Gasteiger partial charge in [-0.2, -0.15) is 0 Å². The highest BCUT2D eigenvalue weighted by atomic mass is 16.2. The van der Waals surface area contributed by atoms with E-state index in [1.54, 1.807) is 4.90 Å². The smallest absolute Gasteiger partial charge is 0.253 e. The van der Waals surface area contributed by atoms with Gasteiger partial charge in [0.25, 0.3) is 5.91 Å². The molecule has 148 valence electrons. The molecule has 0 atom stereocenters. The lowest BCUT2D eigenvalue weighted by molar-refractivity contribution is 0.0785. The lowest BCUT2D eigenvalue weighted by Gasteiger charge is -2.26. The van der Waals surface area contributed by atoms with Crippen LogP contribution < -0.4 is 4.90 Å². The largest absolute Gasteiger partial charge is 0.341 e. The van der Waals surface area contributed by atoms with Gasteiger partial charge >= 0.3 is 0 Å². The topological polar surface area (TPSA) is 49.3 Å². The van der Waals surface area contributed by atoms with Gasteiger partial charge in [-0.05, 0) is 42.5 Å². The Morgan fingerprint density at radius 1 is 0.931 bits per heavy atom. The number of aromatic nitrogens is 2. The molecule has 29 heavy (non-hydrogen) atoms. The summed E-state index contributed by atoms with van der Waals surface area (Å²) < 4.78 is 0. The van der Waals surface area contributed by atoms with Gasteiger partial charge in [-0.1, -0.05) is 42.5 Å². The number of nitrogens with zero attached hydrogens (tertiary/aromatic N) is 4. The fraction of sp³-hybridized carbons (Fsp3) is 0.292. The summed E-state index contributed by atoms with van der Waals surface area (Å²) in [7, 11) is 1.83. The number of benzene rings is 2. The first-order valence-electron chi connectivity index (χ1n) is 10.2. The van der Waals surface area contributed by atoms with Gasteiger partial charge in [0, 0.05) is 50.2 Å². The van der Waals surface area contributed by atoms with Crippen LogP contribution in [0.15, 0.2) is 67.0 Å². The number of hydrogen-bond acceptors (Lipinski definition) is 4. The minimum absolute atomic E-state index is 0.00144. The zero-order chi connectivity index (χ0) is 20.1. The van der Waals surface area contributed by atoms with Crippen LogP contribution in [0.3, 0.4) is 0 Å². The van der Waals surface area contributed by atoms with Crippen LogP contribution in [0.5, 0.6) is 0 Å². The molecule has 1 amide bonds. The van der Waals surface area contributed by atoms with Gasteiger partial charge in [-0.25, -0.2) is 9.97 Å². The van der Waals surface area contributed by atoms with E-state index in [1.807, 2.05) is 74.0 Å². The Bertz CT molecular complexity index is 950. The van der Waals surface area contributed by atoms with Crippen molar-refractivity contribution in [3.05, 3.63) is 78.1 Å². The highest BCUT2D eigenvalue weighted by Gasteiger charge is 2.15. The number of anilines is 1. The first-order chi connectivity index (χ1) is 14.2. The fourth-order valence-electron chi connectivity index (χ4n) is 3.71. The van der Waals surface area contributed by atoms with E-state index in [1.165, 1.54) is 19.3 Å². The van der Waals surface area contributed by atoms with E-state index < -0.39 is 0 Å². The SMILES string of the molecule is CN(Cc1ccccc1)C(=O)c1cccc(-c2cnc(N3CCCCC3)nc2)c1. The summed E-state index contributed by atoms with van der Waals surface area (Å²) in [5.74, 6) is 0.796. The van der Waals surface area contributed by atoms with E-state index in [4.69, 9.17) is 0 Å². The molecule has 2 aromatic carbocycles. The maximum absolute atomic E-state index is 12.9. The average molecular weight is 386 g/mol. The maximum atomic E-state index is 12.9. The third-order valence-corrected chi connectivity index (χ3v) is 5.33. The summed E-state index contributed by atoms with van der Waals surface area (Å²) in [5.41, 5.74) is 3.66. The molecule has 0 spiro atoms. The van der Waals surface area contributed by atoms with Crippen LogP contribution in [0.4, 0.5) is 5.95 Å². The van der Waals surface area contributed by atoms with Crippen LogP contribution in [0.1, 0.15) is 35.2 Å². The summed E-state index contributed by atoms with van der Waals surface area (Å²) in [5, 5.41) is 0. The van der Waals surface area contributed by atoms with Crippen molar-refractivity contribution in [2.24, 2.45) is 0 Å². The zero-order valence-electron chi connectivity index (χ0n) is 16.8. The van der Waals surface area contributed by atoms with Crippen molar-refractivity contribution in [3.63, 3.8) is 0 Å². The molecule has 4 rings (SSSR count). The first kappa shape index (κ1) is 19.1. The zero-order valence-corrected chi connectivity index (χ0v) is 16.8. The molecule has 1 aromatic heterocycles. The first-order valence-corrected chi connectivity index (χ1v) is 10.2. The number of rotatable bonds is 5. The van der Waals surface area contributed by atoms with Crippen molar-refractivity contribution in [2.75, 3.05) is 25.0 Å². The Morgan fingerprint density at radius 3 is 2.38 bits per heavy atom. The van der Waals surface area contributed by atoms with Crippen molar-refractivity contribution in [3.8, 4) is 11.1 Å². The quantitative estimate of drug-likeness (QED) is 0.652. The van der Waals surface area contributed by atoms with Crippen LogP contribution >= 0.6 is 0 Å². The van der Waals surface area contributed by atoms with Crippen LogP contribution in [0, 0.1) is 0 Å². The number of carbonyl (C=O) groups is 1. The number of carbonyl (C=O) groups excluding carboxylic acids is 1. The van der Waals surface area contributed by atoms with Crippen molar-refractivity contribution in [2.45, 2.75) is 25.8 Å². The molecule has 0 radical (unpaired) electrons. The second-order valence-electron chi connectivity index (χ2n) is 7.55.